The molecule has 2 fully saturated rings. The second-order valence-electron chi connectivity index (χ2n) is 12.5. The summed E-state index contributed by atoms with van der Waals surface area (Å²) in [6.45, 7) is 6.64. The van der Waals surface area contributed by atoms with Crippen LogP contribution >= 0.6 is 23.2 Å². The molecule has 218 valence electrons. The summed E-state index contributed by atoms with van der Waals surface area (Å²) in [5.41, 5.74) is 5.75. The molecule has 0 spiro atoms. The number of nitrogens with zero attached hydrogens (tertiary/aromatic N) is 1. The van der Waals surface area contributed by atoms with E-state index in [0.29, 0.717) is 38.6 Å². The third kappa shape index (κ3) is 6.24. The average Bonchev–Trinajstić information content (AvgIpc) is 3.15. The quantitative estimate of drug-likeness (QED) is 0.331. The summed E-state index contributed by atoms with van der Waals surface area (Å²) in [6, 6.07) is 7.29. The molecule has 2 amide bonds. The molecule has 4 N–H and O–H groups in total. The zero-order chi connectivity index (χ0) is 29.4. The van der Waals surface area contributed by atoms with Gasteiger partial charge in [-0.15, -0.1) is 0 Å². The number of nitrogens with two attached hydrogens (primary N) is 1. The van der Waals surface area contributed by atoms with Gasteiger partial charge >= 0.3 is 12.0 Å². The zero-order valence-corrected chi connectivity index (χ0v) is 24.5. The Morgan fingerprint density at radius 1 is 1.12 bits per heavy atom. The molecule has 2 aliphatic rings. The van der Waals surface area contributed by atoms with E-state index < -0.39 is 41.1 Å². The number of carbonyl (C=O) groups is 2. The first kappa shape index (κ1) is 30.5. The van der Waals surface area contributed by atoms with E-state index in [4.69, 9.17) is 28.9 Å². The van der Waals surface area contributed by atoms with Crippen LogP contribution in [0.5, 0.6) is 0 Å². The van der Waals surface area contributed by atoms with Crippen LogP contribution in [0.2, 0.25) is 10.0 Å². The highest BCUT2D eigenvalue weighted by Crippen LogP contribution is 2.53. The summed E-state index contributed by atoms with van der Waals surface area (Å²) in [4.78, 5) is 26.6. The lowest BCUT2D eigenvalue weighted by atomic mass is 9.69. The standard InChI is InChI=1S/C30H37Cl2F2N3O3/c1-29(2,3)14-19-16-37(28(40)36-15-17-7-9-18(10-8-17)27(38)39)26(21-5-4-6-23(32)25(21)34)30(19,35)22-12-11-20(31)13-24(22)33/h4-6,11-13,17-19,26H,7-10,14-16,35H2,1-3H3,(H,36,40)(H,38,39)/t17?,18?,19-,26-,30+/m1/s1. The number of amides is 2. The predicted molar refractivity (Wildman–Crippen MR) is 152 cm³/mol. The first-order valence-electron chi connectivity index (χ1n) is 13.7. The lowest BCUT2D eigenvalue weighted by Gasteiger charge is -2.40. The van der Waals surface area contributed by atoms with Gasteiger partial charge in [-0.1, -0.05) is 62.2 Å². The number of hydrogen-bond donors (Lipinski definition) is 3. The maximum Gasteiger partial charge on any atom is 0.318 e. The molecule has 1 saturated heterocycles. The SMILES string of the molecule is CC(C)(C)C[C@@H]1CN(C(=O)NCC2CCC(C(=O)O)CC2)[C@H](c2cccc(Cl)c2F)[C@@]1(N)c1ccc(Cl)cc1F. The van der Waals surface area contributed by atoms with E-state index in [-0.39, 0.29) is 45.0 Å². The van der Waals surface area contributed by atoms with Gasteiger partial charge in [0, 0.05) is 35.2 Å². The largest absolute Gasteiger partial charge is 0.481 e. The van der Waals surface area contributed by atoms with Gasteiger partial charge in [-0.25, -0.2) is 13.6 Å². The van der Waals surface area contributed by atoms with Gasteiger partial charge in [0.2, 0.25) is 0 Å². The third-order valence-electron chi connectivity index (χ3n) is 8.39. The van der Waals surface area contributed by atoms with Crippen molar-refractivity contribution in [1.82, 2.24) is 10.2 Å². The molecule has 0 unspecified atom stereocenters. The van der Waals surface area contributed by atoms with E-state index in [9.17, 15) is 14.7 Å². The fourth-order valence-corrected chi connectivity index (χ4v) is 6.80. The molecule has 2 aromatic carbocycles. The molecule has 0 radical (unpaired) electrons. The van der Waals surface area contributed by atoms with E-state index in [0.717, 1.165) is 0 Å². The first-order chi connectivity index (χ1) is 18.7. The molecule has 2 aromatic rings. The van der Waals surface area contributed by atoms with Crippen molar-refractivity contribution < 1.29 is 23.5 Å². The molecular weight excluding hydrogens is 559 g/mol. The molecule has 1 aliphatic heterocycles. The molecule has 0 bridgehead atoms. The number of carboxylic acids is 1. The Morgan fingerprint density at radius 2 is 1.80 bits per heavy atom. The van der Waals surface area contributed by atoms with Crippen LogP contribution in [-0.4, -0.2) is 35.1 Å². The van der Waals surface area contributed by atoms with Crippen LogP contribution in [-0.2, 0) is 10.3 Å². The summed E-state index contributed by atoms with van der Waals surface area (Å²) in [6.07, 6.45) is 3.03. The van der Waals surface area contributed by atoms with Gasteiger partial charge in [0.1, 0.15) is 11.6 Å². The second-order valence-corrected chi connectivity index (χ2v) is 13.3. The highest BCUT2D eigenvalue weighted by Gasteiger charge is 2.57. The summed E-state index contributed by atoms with van der Waals surface area (Å²) in [5, 5.41) is 12.4. The highest BCUT2D eigenvalue weighted by atomic mass is 35.5. The number of halogens is 4. The number of carbonyl (C=O) groups excluding carboxylic acids is 1. The highest BCUT2D eigenvalue weighted by molar-refractivity contribution is 6.31. The van der Waals surface area contributed by atoms with Crippen molar-refractivity contribution in [3.63, 3.8) is 0 Å². The third-order valence-corrected chi connectivity index (χ3v) is 8.92. The van der Waals surface area contributed by atoms with E-state index in [2.05, 4.69) is 5.32 Å². The Morgan fingerprint density at radius 3 is 2.40 bits per heavy atom. The van der Waals surface area contributed by atoms with Crippen LogP contribution in [0.25, 0.3) is 0 Å². The molecule has 4 rings (SSSR count). The van der Waals surface area contributed by atoms with Crippen LogP contribution in [0.15, 0.2) is 36.4 Å². The van der Waals surface area contributed by atoms with Gasteiger partial charge in [0.25, 0.3) is 0 Å². The van der Waals surface area contributed by atoms with Crippen LogP contribution in [0.3, 0.4) is 0 Å². The summed E-state index contributed by atoms with van der Waals surface area (Å²) >= 11 is 12.2. The molecule has 1 aliphatic carbocycles. The number of nitrogens with one attached hydrogen (secondary N) is 1. The van der Waals surface area contributed by atoms with Crippen molar-refractivity contribution in [1.29, 1.82) is 0 Å². The molecule has 0 aromatic heterocycles. The minimum Gasteiger partial charge on any atom is -0.481 e. The monoisotopic (exact) mass is 595 g/mol. The van der Waals surface area contributed by atoms with Crippen molar-refractivity contribution >= 4 is 35.2 Å². The molecular formula is C30H37Cl2F2N3O3. The van der Waals surface area contributed by atoms with E-state index >= 15 is 8.78 Å². The van der Waals surface area contributed by atoms with Gasteiger partial charge in [0.05, 0.1) is 22.5 Å². The van der Waals surface area contributed by atoms with Crippen molar-refractivity contribution in [3.8, 4) is 0 Å². The fourth-order valence-electron chi connectivity index (χ4n) is 6.46. The predicted octanol–water partition coefficient (Wildman–Crippen LogP) is 7.14. The van der Waals surface area contributed by atoms with Crippen molar-refractivity contribution in [2.75, 3.05) is 13.1 Å². The van der Waals surface area contributed by atoms with Crippen molar-refractivity contribution in [2.24, 2.45) is 28.9 Å². The van der Waals surface area contributed by atoms with Crippen LogP contribution in [0, 0.1) is 34.8 Å². The van der Waals surface area contributed by atoms with Crippen LogP contribution in [0.4, 0.5) is 13.6 Å². The first-order valence-corrected chi connectivity index (χ1v) is 14.4. The number of hydrogen-bond acceptors (Lipinski definition) is 3. The summed E-state index contributed by atoms with van der Waals surface area (Å²) in [7, 11) is 0. The van der Waals surface area contributed by atoms with E-state index in [1.165, 1.54) is 29.2 Å². The fraction of sp³-hybridized carbons (Fsp3) is 0.533. The number of benzene rings is 2. The van der Waals surface area contributed by atoms with Gasteiger partial charge in [-0.3, -0.25) is 4.79 Å². The molecule has 1 saturated carbocycles. The number of likely N-dealkylation sites (tertiary alicyclic amines) is 1. The minimum absolute atomic E-state index is 0.109. The van der Waals surface area contributed by atoms with Gasteiger partial charge in [0.15, 0.2) is 0 Å². The molecule has 3 atom stereocenters. The van der Waals surface area contributed by atoms with Gasteiger partial charge in [-0.05, 0) is 61.6 Å². The maximum absolute atomic E-state index is 15.6. The van der Waals surface area contributed by atoms with Crippen LogP contribution < -0.4 is 11.1 Å². The molecule has 40 heavy (non-hydrogen) atoms. The molecule has 1 heterocycles. The number of rotatable bonds is 6. The topological polar surface area (TPSA) is 95.7 Å². The minimum atomic E-state index is -1.50. The Bertz CT molecular complexity index is 1260. The summed E-state index contributed by atoms with van der Waals surface area (Å²) in [5.74, 6) is -2.78. The number of carboxylic acid groups (broad SMARTS) is 1. The Labute approximate surface area is 244 Å². The zero-order valence-electron chi connectivity index (χ0n) is 23.0. The normalized spacial score (nSPS) is 27.1. The Balaban J connectivity index is 1.73. The van der Waals surface area contributed by atoms with E-state index in [1.54, 1.807) is 12.1 Å². The van der Waals surface area contributed by atoms with Crippen molar-refractivity contribution in [2.45, 2.75) is 64.5 Å². The van der Waals surface area contributed by atoms with Gasteiger partial charge < -0.3 is 21.1 Å². The Hall–Kier alpha value is -2.42. The lowest BCUT2D eigenvalue weighted by Crippen LogP contribution is -2.50. The number of urea groups is 1. The Kier molecular flexibility index (Phi) is 9.03. The lowest BCUT2D eigenvalue weighted by molar-refractivity contribution is -0.143. The average molecular weight is 597 g/mol. The molecule has 10 heteroatoms. The summed E-state index contributed by atoms with van der Waals surface area (Å²) < 4.78 is 31.2. The van der Waals surface area contributed by atoms with Crippen LogP contribution in [0.1, 0.15) is 70.0 Å². The second kappa shape index (κ2) is 11.8. The van der Waals surface area contributed by atoms with Gasteiger partial charge in [-0.2, -0.15) is 0 Å². The van der Waals surface area contributed by atoms with Crippen molar-refractivity contribution in [3.05, 3.63) is 69.2 Å². The smallest absolute Gasteiger partial charge is 0.318 e. The van der Waals surface area contributed by atoms with E-state index in [1.807, 2.05) is 20.8 Å². The maximum atomic E-state index is 15.6. The molecule has 6 nitrogen and oxygen atoms in total. The number of aliphatic carboxylic acids is 1.